The summed E-state index contributed by atoms with van der Waals surface area (Å²) in [5, 5.41) is 21.3. The summed E-state index contributed by atoms with van der Waals surface area (Å²) in [5.74, 6) is 0.412. The smallest absolute Gasteiger partial charge is 0.125 e. The van der Waals surface area contributed by atoms with Gasteiger partial charge in [-0.3, -0.25) is 0 Å². The third-order valence-electron chi connectivity index (χ3n) is 4.15. The molecule has 2 N–H and O–H groups in total. The molecule has 0 amide bonds. The maximum absolute atomic E-state index is 10.7. The molecule has 0 spiro atoms. The second-order valence-electron chi connectivity index (χ2n) is 6.60. The summed E-state index contributed by atoms with van der Waals surface area (Å²) in [6, 6.07) is 7.70. The van der Waals surface area contributed by atoms with E-state index in [-0.39, 0.29) is 11.5 Å². The van der Waals surface area contributed by atoms with E-state index in [2.05, 4.69) is 0 Å². The number of phenols is 2. The van der Waals surface area contributed by atoms with Crippen molar-refractivity contribution in [3.63, 3.8) is 0 Å². The summed E-state index contributed by atoms with van der Waals surface area (Å²) in [4.78, 5) is 0. The Labute approximate surface area is 161 Å². The summed E-state index contributed by atoms with van der Waals surface area (Å²) in [6.45, 7) is 8.31. The Morgan fingerprint density at radius 1 is 0.704 bits per heavy atom. The lowest BCUT2D eigenvalue weighted by atomic mass is 9.95. The largest absolute Gasteiger partial charge is 0.507 e. The van der Waals surface area contributed by atoms with Gasteiger partial charge < -0.3 is 19.7 Å². The van der Waals surface area contributed by atoms with Crippen LogP contribution in [0.2, 0.25) is 0 Å². The molecule has 0 saturated heterocycles. The van der Waals surface area contributed by atoms with Crippen molar-refractivity contribution in [1.82, 2.24) is 0 Å². The van der Waals surface area contributed by atoms with Crippen LogP contribution in [0.4, 0.5) is 0 Å². The first-order chi connectivity index (χ1) is 13.0. The van der Waals surface area contributed by atoms with Gasteiger partial charge >= 0.3 is 0 Å². The maximum atomic E-state index is 10.7. The van der Waals surface area contributed by atoms with Gasteiger partial charge in [-0.05, 0) is 51.0 Å². The van der Waals surface area contributed by atoms with Gasteiger partial charge in [0.05, 0.1) is 12.5 Å². The zero-order valence-corrected chi connectivity index (χ0v) is 16.5. The molecule has 0 fully saturated rings. The van der Waals surface area contributed by atoms with Gasteiger partial charge in [0, 0.05) is 17.5 Å². The highest BCUT2D eigenvalue weighted by molar-refractivity contribution is 5.50. The van der Waals surface area contributed by atoms with Crippen molar-refractivity contribution in [2.75, 3.05) is 0 Å². The number of aryl methyl sites for hydroxylation is 2. The van der Waals surface area contributed by atoms with Crippen LogP contribution in [-0.2, 0) is 29.1 Å². The number of allylic oxidation sites excluding steroid dienone is 2. The fourth-order valence-electron chi connectivity index (χ4n) is 3.03. The Hall–Kier alpha value is -2.88. The molecular formula is C23H28O4. The first-order valence-electron chi connectivity index (χ1n) is 9.04. The van der Waals surface area contributed by atoms with Gasteiger partial charge in [-0.1, -0.05) is 35.4 Å². The predicted octanol–water partition coefficient (Wildman–Crippen LogP) is 5.41. The van der Waals surface area contributed by atoms with Crippen molar-refractivity contribution in [3.8, 4) is 11.5 Å². The Kier molecular flexibility index (Phi) is 7.35. The molecule has 0 aliphatic carbocycles. The quantitative estimate of drug-likeness (QED) is 0.612. The fourth-order valence-corrected chi connectivity index (χ4v) is 3.03. The predicted molar refractivity (Wildman–Crippen MR) is 108 cm³/mol. The normalized spacial score (nSPS) is 11.4. The van der Waals surface area contributed by atoms with Crippen molar-refractivity contribution in [2.45, 2.75) is 47.3 Å². The van der Waals surface area contributed by atoms with E-state index in [0.717, 1.165) is 33.4 Å². The number of aromatic hydroxyl groups is 2. The SMILES string of the molecule is CC=COCc1cc(C)cc(Cc2cc(C)cc(COC=CC)c2O)c1O. The lowest BCUT2D eigenvalue weighted by molar-refractivity contribution is 0.231. The van der Waals surface area contributed by atoms with Crippen molar-refractivity contribution in [2.24, 2.45) is 0 Å². The highest BCUT2D eigenvalue weighted by atomic mass is 16.5. The molecule has 0 aliphatic heterocycles. The lowest BCUT2D eigenvalue weighted by Crippen LogP contribution is -1.99. The Bertz CT molecular complexity index is 765. The number of hydrogen-bond acceptors (Lipinski definition) is 4. The Morgan fingerprint density at radius 2 is 1.07 bits per heavy atom. The molecule has 0 bridgehead atoms. The van der Waals surface area contributed by atoms with Gasteiger partial charge in [0.15, 0.2) is 0 Å². The van der Waals surface area contributed by atoms with E-state index in [9.17, 15) is 10.2 Å². The molecule has 0 radical (unpaired) electrons. The molecule has 2 aromatic rings. The Balaban J connectivity index is 2.33. The van der Waals surface area contributed by atoms with Crippen molar-refractivity contribution >= 4 is 0 Å². The molecule has 0 saturated carbocycles. The van der Waals surface area contributed by atoms with E-state index in [1.165, 1.54) is 0 Å². The van der Waals surface area contributed by atoms with E-state index < -0.39 is 0 Å². The standard InChI is InChI=1S/C23H28O4/c1-5-7-26-14-20-11-16(3)9-18(22(20)24)13-19-10-17(4)12-21(23(19)25)15-27-8-6-2/h5-12,24-25H,13-15H2,1-4H3. The first-order valence-corrected chi connectivity index (χ1v) is 9.04. The molecule has 27 heavy (non-hydrogen) atoms. The van der Waals surface area contributed by atoms with Gasteiger partial charge in [0.25, 0.3) is 0 Å². The molecule has 2 rings (SSSR count). The molecule has 0 unspecified atom stereocenters. The van der Waals surface area contributed by atoms with Crippen LogP contribution in [0.3, 0.4) is 0 Å². The van der Waals surface area contributed by atoms with Crippen LogP contribution in [0.15, 0.2) is 48.9 Å². The topological polar surface area (TPSA) is 58.9 Å². The van der Waals surface area contributed by atoms with Crippen LogP contribution in [0.25, 0.3) is 0 Å². The zero-order valence-electron chi connectivity index (χ0n) is 16.5. The van der Waals surface area contributed by atoms with Crippen LogP contribution in [0.1, 0.15) is 47.2 Å². The molecule has 144 valence electrons. The lowest BCUT2D eigenvalue weighted by Gasteiger charge is -2.15. The van der Waals surface area contributed by atoms with Crippen LogP contribution in [0.5, 0.6) is 11.5 Å². The molecular weight excluding hydrogens is 340 g/mol. The molecule has 0 aliphatic rings. The number of ether oxygens (including phenoxy) is 2. The minimum Gasteiger partial charge on any atom is -0.507 e. The van der Waals surface area contributed by atoms with E-state index in [1.54, 1.807) is 24.7 Å². The summed E-state index contributed by atoms with van der Waals surface area (Å²) >= 11 is 0. The van der Waals surface area contributed by atoms with Gasteiger partial charge in [-0.15, -0.1) is 0 Å². The Morgan fingerprint density at radius 3 is 1.44 bits per heavy atom. The van der Waals surface area contributed by atoms with E-state index in [4.69, 9.17) is 9.47 Å². The second kappa shape index (κ2) is 9.72. The van der Waals surface area contributed by atoms with Crippen LogP contribution >= 0.6 is 0 Å². The summed E-state index contributed by atoms with van der Waals surface area (Å²) < 4.78 is 10.8. The number of hydrogen-bond donors (Lipinski definition) is 2. The maximum Gasteiger partial charge on any atom is 0.125 e. The molecule has 0 heterocycles. The van der Waals surface area contributed by atoms with Crippen molar-refractivity contribution in [1.29, 1.82) is 0 Å². The third kappa shape index (κ3) is 5.55. The van der Waals surface area contributed by atoms with Crippen LogP contribution < -0.4 is 0 Å². The van der Waals surface area contributed by atoms with E-state index in [1.807, 2.05) is 52.0 Å². The van der Waals surface area contributed by atoms with Crippen LogP contribution in [0, 0.1) is 13.8 Å². The van der Waals surface area contributed by atoms with Gasteiger partial charge in [0.1, 0.15) is 24.7 Å². The monoisotopic (exact) mass is 368 g/mol. The molecule has 2 aromatic carbocycles. The summed E-state index contributed by atoms with van der Waals surface area (Å²) in [7, 11) is 0. The summed E-state index contributed by atoms with van der Waals surface area (Å²) in [5.41, 5.74) is 5.04. The third-order valence-corrected chi connectivity index (χ3v) is 4.15. The summed E-state index contributed by atoms with van der Waals surface area (Å²) in [6.07, 6.45) is 7.23. The average molecular weight is 368 g/mol. The zero-order chi connectivity index (χ0) is 19.8. The average Bonchev–Trinajstić information content (AvgIpc) is 2.62. The molecule has 0 aromatic heterocycles. The van der Waals surface area contributed by atoms with Gasteiger partial charge in [0.2, 0.25) is 0 Å². The van der Waals surface area contributed by atoms with Crippen LogP contribution in [-0.4, -0.2) is 10.2 Å². The minimum atomic E-state index is 0.206. The fraction of sp³-hybridized carbons (Fsp3) is 0.304. The number of benzene rings is 2. The molecule has 0 atom stereocenters. The second-order valence-corrected chi connectivity index (χ2v) is 6.60. The first kappa shape index (κ1) is 20.4. The number of phenolic OH excluding ortho intramolecular Hbond substituents is 2. The van der Waals surface area contributed by atoms with Gasteiger partial charge in [-0.25, -0.2) is 0 Å². The van der Waals surface area contributed by atoms with Gasteiger partial charge in [-0.2, -0.15) is 0 Å². The van der Waals surface area contributed by atoms with E-state index in [0.29, 0.717) is 19.6 Å². The molecule has 4 nitrogen and oxygen atoms in total. The van der Waals surface area contributed by atoms with E-state index >= 15 is 0 Å². The number of rotatable bonds is 8. The highest BCUT2D eigenvalue weighted by Crippen LogP contribution is 2.32. The molecule has 4 heteroatoms. The minimum absolute atomic E-state index is 0.206. The van der Waals surface area contributed by atoms with Crippen molar-refractivity contribution in [3.05, 3.63) is 82.3 Å². The van der Waals surface area contributed by atoms with Crippen molar-refractivity contribution < 1.29 is 19.7 Å². The highest BCUT2D eigenvalue weighted by Gasteiger charge is 2.14.